The molecule has 0 aliphatic carbocycles. The van der Waals surface area contributed by atoms with Gasteiger partial charge in [0.05, 0.1) is 17.3 Å². The Labute approximate surface area is 118 Å². The lowest BCUT2D eigenvalue weighted by atomic mass is 10.1. The first-order chi connectivity index (χ1) is 9.22. The van der Waals surface area contributed by atoms with Crippen LogP contribution in [-0.2, 0) is 6.42 Å². The molecule has 0 fully saturated rings. The van der Waals surface area contributed by atoms with Crippen molar-refractivity contribution < 1.29 is 4.74 Å². The molecule has 0 spiro atoms. The first kappa shape index (κ1) is 12.4. The van der Waals surface area contributed by atoms with Crippen molar-refractivity contribution >= 4 is 17.3 Å². The highest BCUT2D eigenvalue weighted by Crippen LogP contribution is 2.30. The van der Waals surface area contributed by atoms with Gasteiger partial charge in [-0.1, -0.05) is 41.4 Å². The van der Waals surface area contributed by atoms with Crippen molar-refractivity contribution in [1.29, 1.82) is 0 Å². The van der Waals surface area contributed by atoms with Gasteiger partial charge in [-0.15, -0.1) is 0 Å². The number of para-hydroxylation sites is 1. The summed E-state index contributed by atoms with van der Waals surface area (Å²) in [4.78, 5) is 0. The topological polar surface area (TPSA) is 21.3 Å². The van der Waals surface area contributed by atoms with Crippen LogP contribution in [0.4, 0.5) is 5.69 Å². The Kier molecular flexibility index (Phi) is 3.34. The predicted octanol–water partition coefficient (Wildman–Crippen LogP) is 4.06. The lowest BCUT2D eigenvalue weighted by Crippen LogP contribution is -2.24. The monoisotopic (exact) mass is 273 g/mol. The number of hydrogen-bond donors (Lipinski definition) is 1. The van der Waals surface area contributed by atoms with E-state index in [1.165, 1.54) is 11.1 Å². The second-order valence-electron chi connectivity index (χ2n) is 4.92. The second kappa shape index (κ2) is 5.14. The van der Waals surface area contributed by atoms with Gasteiger partial charge >= 0.3 is 0 Å². The average Bonchev–Trinajstić information content (AvgIpc) is 2.79. The van der Waals surface area contributed by atoms with Crippen LogP contribution in [0.25, 0.3) is 0 Å². The molecule has 0 saturated carbocycles. The molecule has 0 radical (unpaired) electrons. The zero-order valence-electron chi connectivity index (χ0n) is 10.8. The van der Waals surface area contributed by atoms with Crippen molar-refractivity contribution in [2.45, 2.75) is 19.4 Å². The van der Waals surface area contributed by atoms with Crippen LogP contribution in [-0.4, -0.2) is 12.6 Å². The summed E-state index contributed by atoms with van der Waals surface area (Å²) in [5.74, 6) is 1.01. The van der Waals surface area contributed by atoms with E-state index in [1.54, 1.807) is 0 Å². The number of ether oxygens (including phenoxy) is 1. The standard InChI is InChI=1S/C16H16ClNO/c1-11-6-7-16-12(8-11)9-13(19-16)10-18-15-5-3-2-4-14(15)17/h2-8,13,18H,9-10H2,1H3. The number of rotatable bonds is 3. The summed E-state index contributed by atoms with van der Waals surface area (Å²) in [6, 6.07) is 14.1. The smallest absolute Gasteiger partial charge is 0.123 e. The molecule has 3 heteroatoms. The Balaban J connectivity index is 1.63. The molecule has 1 heterocycles. The average molecular weight is 274 g/mol. The minimum Gasteiger partial charge on any atom is -0.488 e. The third-order valence-corrected chi connectivity index (χ3v) is 3.68. The number of aryl methyl sites for hydroxylation is 1. The van der Waals surface area contributed by atoms with Gasteiger partial charge in [0.2, 0.25) is 0 Å². The minimum absolute atomic E-state index is 0.174. The van der Waals surface area contributed by atoms with E-state index in [0.717, 1.165) is 29.4 Å². The summed E-state index contributed by atoms with van der Waals surface area (Å²) in [7, 11) is 0. The van der Waals surface area contributed by atoms with E-state index in [4.69, 9.17) is 16.3 Å². The highest BCUT2D eigenvalue weighted by Gasteiger charge is 2.22. The van der Waals surface area contributed by atoms with Crippen LogP contribution in [0.5, 0.6) is 5.75 Å². The summed E-state index contributed by atoms with van der Waals surface area (Å²) >= 11 is 6.12. The van der Waals surface area contributed by atoms with E-state index in [0.29, 0.717) is 0 Å². The maximum absolute atomic E-state index is 6.12. The molecule has 98 valence electrons. The molecule has 1 atom stereocenters. The molecule has 1 unspecified atom stereocenters. The molecule has 3 rings (SSSR count). The van der Waals surface area contributed by atoms with Crippen LogP contribution < -0.4 is 10.1 Å². The van der Waals surface area contributed by atoms with Crippen molar-refractivity contribution in [2.24, 2.45) is 0 Å². The summed E-state index contributed by atoms with van der Waals surface area (Å²) in [5.41, 5.74) is 3.54. The maximum Gasteiger partial charge on any atom is 0.123 e. The van der Waals surface area contributed by atoms with Gasteiger partial charge in [-0.2, -0.15) is 0 Å². The molecule has 0 amide bonds. The molecule has 19 heavy (non-hydrogen) atoms. The van der Waals surface area contributed by atoms with Crippen LogP contribution in [0.1, 0.15) is 11.1 Å². The molecule has 2 aromatic rings. The van der Waals surface area contributed by atoms with E-state index in [2.05, 4.69) is 30.4 Å². The lowest BCUT2D eigenvalue weighted by molar-refractivity contribution is 0.246. The Bertz CT molecular complexity index is 597. The summed E-state index contributed by atoms with van der Waals surface area (Å²) < 4.78 is 5.92. The van der Waals surface area contributed by atoms with E-state index in [-0.39, 0.29) is 6.10 Å². The molecule has 1 aliphatic rings. The van der Waals surface area contributed by atoms with Crippen molar-refractivity contribution in [2.75, 3.05) is 11.9 Å². The van der Waals surface area contributed by atoms with Crippen molar-refractivity contribution in [1.82, 2.24) is 0 Å². The third kappa shape index (κ3) is 2.69. The highest BCUT2D eigenvalue weighted by atomic mass is 35.5. The fourth-order valence-electron chi connectivity index (χ4n) is 2.39. The van der Waals surface area contributed by atoms with Crippen molar-refractivity contribution in [3.8, 4) is 5.75 Å². The third-order valence-electron chi connectivity index (χ3n) is 3.35. The first-order valence-corrected chi connectivity index (χ1v) is 6.85. The van der Waals surface area contributed by atoms with E-state index in [9.17, 15) is 0 Å². The van der Waals surface area contributed by atoms with Crippen molar-refractivity contribution in [3.63, 3.8) is 0 Å². The van der Waals surface area contributed by atoms with Crippen molar-refractivity contribution in [3.05, 3.63) is 58.6 Å². The number of fused-ring (bicyclic) bond motifs is 1. The second-order valence-corrected chi connectivity index (χ2v) is 5.32. The van der Waals surface area contributed by atoms with Gasteiger partial charge in [0.15, 0.2) is 0 Å². The van der Waals surface area contributed by atoms with Gasteiger partial charge in [0.25, 0.3) is 0 Å². The lowest BCUT2D eigenvalue weighted by Gasteiger charge is -2.13. The summed E-state index contributed by atoms with van der Waals surface area (Å²) in [6.45, 7) is 2.87. The molecule has 0 saturated heterocycles. The number of hydrogen-bond acceptors (Lipinski definition) is 2. The Morgan fingerprint density at radius 1 is 1.26 bits per heavy atom. The molecule has 1 aliphatic heterocycles. The number of halogens is 1. The Morgan fingerprint density at radius 2 is 2.11 bits per heavy atom. The van der Waals surface area contributed by atoms with Gasteiger partial charge in [-0.25, -0.2) is 0 Å². The van der Waals surface area contributed by atoms with Gasteiger partial charge in [-0.05, 0) is 30.7 Å². The van der Waals surface area contributed by atoms with Crippen LogP contribution in [0.15, 0.2) is 42.5 Å². The summed E-state index contributed by atoms with van der Waals surface area (Å²) in [5, 5.41) is 4.09. The van der Waals surface area contributed by atoms with Gasteiger partial charge in [0.1, 0.15) is 11.9 Å². The number of anilines is 1. The molecular weight excluding hydrogens is 258 g/mol. The Hall–Kier alpha value is -1.67. The quantitative estimate of drug-likeness (QED) is 0.910. The number of benzene rings is 2. The van der Waals surface area contributed by atoms with Gasteiger partial charge in [0, 0.05) is 6.42 Å². The van der Waals surface area contributed by atoms with E-state index >= 15 is 0 Å². The SMILES string of the molecule is Cc1ccc2c(c1)CC(CNc1ccccc1Cl)O2. The van der Waals surface area contributed by atoms with Crippen LogP contribution in [0, 0.1) is 6.92 Å². The fraction of sp³-hybridized carbons (Fsp3) is 0.250. The molecule has 0 aromatic heterocycles. The maximum atomic E-state index is 6.12. The zero-order valence-corrected chi connectivity index (χ0v) is 11.6. The molecule has 2 aromatic carbocycles. The normalized spacial score (nSPS) is 16.8. The van der Waals surface area contributed by atoms with Gasteiger partial charge < -0.3 is 10.1 Å². The molecule has 0 bridgehead atoms. The molecular formula is C16H16ClNO. The van der Waals surface area contributed by atoms with Crippen LogP contribution >= 0.6 is 11.6 Å². The minimum atomic E-state index is 0.174. The van der Waals surface area contributed by atoms with E-state index < -0.39 is 0 Å². The van der Waals surface area contributed by atoms with E-state index in [1.807, 2.05) is 24.3 Å². The van der Waals surface area contributed by atoms with Crippen LogP contribution in [0.3, 0.4) is 0 Å². The first-order valence-electron chi connectivity index (χ1n) is 6.47. The fourth-order valence-corrected chi connectivity index (χ4v) is 2.59. The largest absolute Gasteiger partial charge is 0.488 e. The molecule has 2 nitrogen and oxygen atoms in total. The van der Waals surface area contributed by atoms with Gasteiger partial charge in [-0.3, -0.25) is 0 Å². The van der Waals surface area contributed by atoms with Crippen LogP contribution in [0.2, 0.25) is 5.02 Å². The predicted molar refractivity (Wildman–Crippen MR) is 79.2 cm³/mol. The Morgan fingerprint density at radius 3 is 2.95 bits per heavy atom. The highest BCUT2D eigenvalue weighted by molar-refractivity contribution is 6.33. The number of nitrogens with one attached hydrogen (secondary N) is 1. The zero-order chi connectivity index (χ0) is 13.2. The summed E-state index contributed by atoms with van der Waals surface area (Å²) in [6.07, 6.45) is 1.13. The molecule has 1 N–H and O–H groups in total.